The van der Waals surface area contributed by atoms with Crippen LogP contribution in [0.4, 0.5) is 0 Å². The van der Waals surface area contributed by atoms with Crippen molar-refractivity contribution < 1.29 is 14.3 Å². The molecule has 0 saturated carbocycles. The van der Waals surface area contributed by atoms with Gasteiger partial charge < -0.3 is 9.47 Å². The minimum absolute atomic E-state index is 0.162. The molecule has 0 radical (unpaired) electrons. The summed E-state index contributed by atoms with van der Waals surface area (Å²) in [4.78, 5) is 12.6. The van der Waals surface area contributed by atoms with Crippen LogP contribution in [-0.4, -0.2) is 26.4 Å². The lowest BCUT2D eigenvalue weighted by atomic mass is 9.83. The number of carbonyl (C=O) groups is 1. The highest BCUT2D eigenvalue weighted by molar-refractivity contribution is 7.98. The van der Waals surface area contributed by atoms with E-state index in [-0.39, 0.29) is 12.2 Å². The molecule has 24 heavy (non-hydrogen) atoms. The highest BCUT2D eigenvalue weighted by Gasteiger charge is 2.24. The second-order valence-electron chi connectivity index (χ2n) is 6.56. The van der Waals surface area contributed by atoms with Crippen LogP contribution in [0.3, 0.4) is 0 Å². The van der Waals surface area contributed by atoms with Crippen molar-refractivity contribution in [2.75, 3.05) is 20.2 Å². The number of carbonyl (C=O) groups excluding carboxylic acids is 1. The smallest absolute Gasteiger partial charge is 0.188 e. The van der Waals surface area contributed by atoms with Gasteiger partial charge in [-0.2, -0.15) is 0 Å². The average Bonchev–Trinajstić information content (AvgIpc) is 2.58. The van der Waals surface area contributed by atoms with Crippen molar-refractivity contribution in [3.05, 3.63) is 47.5 Å². The van der Waals surface area contributed by atoms with Gasteiger partial charge in [0, 0.05) is 28.7 Å². The summed E-state index contributed by atoms with van der Waals surface area (Å²) in [6.45, 7) is 6.50. The van der Waals surface area contributed by atoms with Crippen LogP contribution in [0.15, 0.2) is 41.3 Å². The molecule has 0 bridgehead atoms. The molecular formula is C20H24O3S. The highest BCUT2D eigenvalue weighted by Crippen LogP contribution is 2.42. The van der Waals surface area contributed by atoms with Crippen LogP contribution >= 0.6 is 11.8 Å². The molecular weight excluding hydrogens is 320 g/mol. The Balaban J connectivity index is 2.78. The van der Waals surface area contributed by atoms with Crippen molar-refractivity contribution in [2.45, 2.75) is 31.1 Å². The first-order valence-corrected chi connectivity index (χ1v) is 9.03. The maximum absolute atomic E-state index is 11.5. The van der Waals surface area contributed by atoms with Gasteiger partial charge >= 0.3 is 0 Å². The Hall–Kier alpha value is -1.78. The number of thioether (sulfide) groups is 1. The molecule has 0 spiro atoms. The number of methoxy groups -OCH3 is 1. The average molecular weight is 344 g/mol. The summed E-state index contributed by atoms with van der Waals surface area (Å²) < 4.78 is 11.1. The minimum atomic E-state index is -0.162. The highest BCUT2D eigenvalue weighted by atomic mass is 32.2. The summed E-state index contributed by atoms with van der Waals surface area (Å²) >= 11 is 1.67. The maximum atomic E-state index is 11.5. The molecule has 2 aromatic rings. The third-order valence-corrected chi connectivity index (χ3v) is 4.57. The van der Waals surface area contributed by atoms with Crippen LogP contribution < -0.4 is 4.74 Å². The Bertz CT molecular complexity index is 717. The Morgan fingerprint density at radius 1 is 1.12 bits per heavy atom. The van der Waals surface area contributed by atoms with Crippen molar-refractivity contribution >= 4 is 18.0 Å². The molecule has 0 aliphatic heterocycles. The largest absolute Gasteiger partial charge is 0.467 e. The first-order chi connectivity index (χ1) is 11.4. The summed E-state index contributed by atoms with van der Waals surface area (Å²) in [5, 5.41) is 0. The summed E-state index contributed by atoms with van der Waals surface area (Å²) in [7, 11) is 1.60. The lowest BCUT2D eigenvalue weighted by molar-refractivity contribution is 0.0502. The molecule has 0 fully saturated rings. The molecule has 2 aromatic carbocycles. The van der Waals surface area contributed by atoms with Crippen LogP contribution in [0.25, 0.3) is 11.1 Å². The van der Waals surface area contributed by atoms with Crippen LogP contribution in [-0.2, 0) is 10.2 Å². The van der Waals surface area contributed by atoms with Gasteiger partial charge in [-0.05, 0) is 35.4 Å². The van der Waals surface area contributed by atoms with E-state index in [0.29, 0.717) is 5.56 Å². The van der Waals surface area contributed by atoms with Gasteiger partial charge in [0.25, 0.3) is 0 Å². The lowest BCUT2D eigenvalue weighted by Gasteiger charge is -2.26. The molecule has 4 heteroatoms. The second-order valence-corrected chi connectivity index (χ2v) is 7.41. The fourth-order valence-electron chi connectivity index (χ4n) is 2.62. The quantitative estimate of drug-likeness (QED) is 0.411. The molecule has 0 heterocycles. The van der Waals surface area contributed by atoms with E-state index >= 15 is 0 Å². The van der Waals surface area contributed by atoms with Crippen molar-refractivity contribution in [1.82, 2.24) is 0 Å². The molecule has 0 N–H and O–H groups in total. The first kappa shape index (κ1) is 18.6. The topological polar surface area (TPSA) is 35.5 Å². The zero-order valence-electron chi connectivity index (χ0n) is 14.9. The molecule has 0 unspecified atom stereocenters. The van der Waals surface area contributed by atoms with Crippen LogP contribution in [0.5, 0.6) is 5.75 Å². The van der Waals surface area contributed by atoms with Gasteiger partial charge in [-0.1, -0.05) is 39.0 Å². The Labute approximate surface area is 148 Å². The van der Waals surface area contributed by atoms with Crippen molar-refractivity contribution in [3.8, 4) is 16.9 Å². The van der Waals surface area contributed by atoms with E-state index in [1.54, 1.807) is 18.9 Å². The van der Waals surface area contributed by atoms with Gasteiger partial charge in [-0.15, -0.1) is 11.8 Å². The van der Waals surface area contributed by atoms with E-state index in [2.05, 4.69) is 32.9 Å². The van der Waals surface area contributed by atoms with E-state index in [1.807, 2.05) is 30.5 Å². The monoisotopic (exact) mass is 344 g/mol. The number of rotatable bonds is 6. The van der Waals surface area contributed by atoms with Gasteiger partial charge in [-0.25, -0.2) is 0 Å². The zero-order valence-corrected chi connectivity index (χ0v) is 15.7. The van der Waals surface area contributed by atoms with Crippen molar-refractivity contribution in [3.63, 3.8) is 0 Å². The number of ether oxygens (including phenoxy) is 2. The van der Waals surface area contributed by atoms with Gasteiger partial charge in [-0.3, -0.25) is 4.79 Å². The zero-order chi connectivity index (χ0) is 17.7. The van der Waals surface area contributed by atoms with Gasteiger partial charge in [0.1, 0.15) is 12.0 Å². The normalized spacial score (nSPS) is 11.4. The van der Waals surface area contributed by atoms with Crippen molar-refractivity contribution in [2.24, 2.45) is 0 Å². The van der Waals surface area contributed by atoms with Crippen LogP contribution in [0, 0.1) is 0 Å². The number of aldehydes is 1. The number of hydrogen-bond donors (Lipinski definition) is 0. The molecule has 0 aliphatic carbocycles. The second kappa shape index (κ2) is 7.86. The van der Waals surface area contributed by atoms with E-state index in [4.69, 9.17) is 9.47 Å². The SMILES string of the molecule is COCOc1c(-c2ccccc2SC)cc(C=O)cc1C(C)(C)C. The number of hydrogen-bond acceptors (Lipinski definition) is 4. The first-order valence-electron chi connectivity index (χ1n) is 7.81. The summed E-state index contributed by atoms with van der Waals surface area (Å²) in [5.41, 5.74) is 3.47. The van der Waals surface area contributed by atoms with E-state index < -0.39 is 0 Å². The van der Waals surface area contributed by atoms with E-state index in [0.717, 1.165) is 33.6 Å². The Morgan fingerprint density at radius 3 is 2.42 bits per heavy atom. The van der Waals surface area contributed by atoms with Crippen molar-refractivity contribution in [1.29, 1.82) is 0 Å². The Kier molecular flexibility index (Phi) is 6.08. The van der Waals surface area contributed by atoms with Gasteiger partial charge in [0.15, 0.2) is 6.79 Å². The fourth-order valence-corrected chi connectivity index (χ4v) is 3.23. The minimum Gasteiger partial charge on any atom is -0.467 e. The van der Waals surface area contributed by atoms with E-state index in [9.17, 15) is 4.79 Å². The number of benzene rings is 2. The summed E-state index contributed by atoms with van der Waals surface area (Å²) in [6, 6.07) is 11.9. The Morgan fingerprint density at radius 2 is 1.83 bits per heavy atom. The third kappa shape index (κ3) is 4.00. The molecule has 3 nitrogen and oxygen atoms in total. The fraction of sp³-hybridized carbons (Fsp3) is 0.350. The third-order valence-electron chi connectivity index (χ3n) is 3.77. The molecule has 0 amide bonds. The summed E-state index contributed by atoms with van der Waals surface area (Å²) in [6.07, 6.45) is 2.93. The molecule has 0 atom stereocenters. The molecule has 128 valence electrons. The summed E-state index contributed by atoms with van der Waals surface area (Å²) in [5.74, 6) is 0.774. The molecule has 0 saturated heterocycles. The van der Waals surface area contributed by atoms with Crippen LogP contribution in [0.2, 0.25) is 0 Å². The van der Waals surface area contributed by atoms with Gasteiger partial charge in [0.2, 0.25) is 0 Å². The maximum Gasteiger partial charge on any atom is 0.188 e. The molecule has 0 aliphatic rings. The molecule has 0 aromatic heterocycles. The predicted octanol–water partition coefficient (Wildman–Crippen LogP) is 5.17. The van der Waals surface area contributed by atoms with Crippen LogP contribution in [0.1, 0.15) is 36.7 Å². The standard InChI is InChI=1S/C20H24O3S/c1-20(2,3)17-11-14(12-21)10-16(19(17)23-13-22-4)15-8-6-7-9-18(15)24-5/h6-12H,13H2,1-5H3. The predicted molar refractivity (Wildman–Crippen MR) is 100 cm³/mol. The van der Waals surface area contributed by atoms with E-state index in [1.165, 1.54) is 0 Å². The molecule has 2 rings (SSSR count). The lowest BCUT2D eigenvalue weighted by Crippen LogP contribution is -2.16. The van der Waals surface area contributed by atoms with Gasteiger partial charge in [0.05, 0.1) is 0 Å².